The third kappa shape index (κ3) is 5.20. The molecule has 0 spiro atoms. The summed E-state index contributed by atoms with van der Waals surface area (Å²) in [6, 6.07) is 0. The number of hydrogen-bond acceptors (Lipinski definition) is 4. The zero-order chi connectivity index (χ0) is 16.8. The molecule has 2 amide bonds. The second kappa shape index (κ2) is 8.29. The van der Waals surface area contributed by atoms with Crippen LogP contribution in [-0.2, 0) is 14.4 Å². The third-order valence-electron chi connectivity index (χ3n) is 4.76. The number of aliphatic carboxylic acids is 1. The fourth-order valence-electron chi connectivity index (χ4n) is 3.00. The first-order valence-electron chi connectivity index (χ1n) is 8.44. The second-order valence-corrected chi connectivity index (χ2v) is 6.57. The minimum Gasteiger partial charge on any atom is -0.480 e. The predicted molar refractivity (Wildman–Crippen MR) is 84.9 cm³/mol. The van der Waals surface area contributed by atoms with Crippen LogP contribution in [0.1, 0.15) is 32.1 Å². The average molecular weight is 325 g/mol. The molecule has 1 aliphatic heterocycles. The summed E-state index contributed by atoms with van der Waals surface area (Å²) in [6.07, 6.45) is 4.04. The molecule has 7 nitrogen and oxygen atoms in total. The normalized spacial score (nSPS) is 22.4. The standard InChI is InChI=1S/C16H27N3O4/c1-17-9-6-14(20)19(12-15(21)22)8-3-7-18(11-10-17)16(23)13-4-2-5-13/h13H,2-12H2,1H3,(H,21,22). The Morgan fingerprint density at radius 2 is 1.83 bits per heavy atom. The highest BCUT2D eigenvalue weighted by Crippen LogP contribution is 2.28. The summed E-state index contributed by atoms with van der Waals surface area (Å²) in [5, 5.41) is 8.96. The molecule has 0 unspecified atom stereocenters. The van der Waals surface area contributed by atoms with Gasteiger partial charge in [0.2, 0.25) is 11.8 Å². The van der Waals surface area contributed by atoms with Crippen molar-refractivity contribution in [3.8, 4) is 0 Å². The van der Waals surface area contributed by atoms with Gasteiger partial charge in [-0.25, -0.2) is 0 Å². The largest absolute Gasteiger partial charge is 0.480 e. The Labute approximate surface area is 137 Å². The molecule has 2 rings (SSSR count). The molecule has 1 aliphatic carbocycles. The minimum absolute atomic E-state index is 0.127. The summed E-state index contributed by atoms with van der Waals surface area (Å²) < 4.78 is 0. The Kier molecular flexibility index (Phi) is 6.38. The Bertz CT molecular complexity index is 451. The van der Waals surface area contributed by atoms with Gasteiger partial charge >= 0.3 is 5.97 Å². The molecular weight excluding hydrogens is 298 g/mol. The molecule has 2 fully saturated rings. The van der Waals surface area contributed by atoms with Gasteiger partial charge in [0.25, 0.3) is 0 Å². The number of likely N-dealkylation sites (N-methyl/N-ethyl adjacent to an activating group) is 1. The van der Waals surface area contributed by atoms with Crippen LogP contribution in [0.5, 0.6) is 0 Å². The number of amides is 2. The lowest BCUT2D eigenvalue weighted by molar-refractivity contribution is -0.144. The highest BCUT2D eigenvalue weighted by Gasteiger charge is 2.29. The van der Waals surface area contributed by atoms with Gasteiger partial charge in [0.15, 0.2) is 0 Å². The smallest absolute Gasteiger partial charge is 0.323 e. The maximum atomic E-state index is 12.5. The molecule has 0 bridgehead atoms. The zero-order valence-corrected chi connectivity index (χ0v) is 13.9. The van der Waals surface area contributed by atoms with E-state index in [-0.39, 0.29) is 24.3 Å². The molecule has 1 saturated carbocycles. The summed E-state index contributed by atoms with van der Waals surface area (Å²) in [4.78, 5) is 40.9. The van der Waals surface area contributed by atoms with Crippen molar-refractivity contribution in [2.24, 2.45) is 5.92 Å². The summed E-state index contributed by atoms with van der Waals surface area (Å²) in [6.45, 7) is 2.72. The molecule has 1 heterocycles. The van der Waals surface area contributed by atoms with Crippen LogP contribution in [-0.4, -0.2) is 83.9 Å². The minimum atomic E-state index is -0.996. The molecule has 0 radical (unpaired) electrons. The average Bonchev–Trinajstić information content (AvgIpc) is 2.46. The Hall–Kier alpha value is -1.63. The number of carboxylic acid groups (broad SMARTS) is 1. The van der Waals surface area contributed by atoms with Crippen LogP contribution in [0, 0.1) is 5.92 Å². The summed E-state index contributed by atoms with van der Waals surface area (Å²) in [5.41, 5.74) is 0. The van der Waals surface area contributed by atoms with Gasteiger partial charge in [-0.15, -0.1) is 0 Å². The number of carbonyl (C=O) groups excluding carboxylic acids is 2. The maximum Gasteiger partial charge on any atom is 0.323 e. The van der Waals surface area contributed by atoms with Gasteiger partial charge in [0, 0.05) is 45.1 Å². The molecule has 130 valence electrons. The van der Waals surface area contributed by atoms with Gasteiger partial charge in [-0.1, -0.05) is 6.42 Å². The van der Waals surface area contributed by atoms with E-state index in [0.717, 1.165) is 25.8 Å². The number of carbonyl (C=O) groups is 3. The SMILES string of the molecule is CN1CCC(=O)N(CC(=O)O)CCCN(C(=O)C2CCC2)CC1. The van der Waals surface area contributed by atoms with E-state index in [4.69, 9.17) is 5.11 Å². The van der Waals surface area contributed by atoms with Gasteiger partial charge in [-0.2, -0.15) is 0 Å². The van der Waals surface area contributed by atoms with Crippen molar-refractivity contribution in [3.05, 3.63) is 0 Å². The van der Waals surface area contributed by atoms with Gasteiger partial charge < -0.3 is 19.8 Å². The van der Waals surface area contributed by atoms with E-state index in [1.54, 1.807) is 0 Å². The van der Waals surface area contributed by atoms with E-state index >= 15 is 0 Å². The topological polar surface area (TPSA) is 81.2 Å². The molecule has 2 aliphatic rings. The molecule has 1 saturated heterocycles. The number of nitrogens with zero attached hydrogens (tertiary/aromatic N) is 3. The van der Waals surface area contributed by atoms with Gasteiger partial charge in [-0.05, 0) is 26.3 Å². The van der Waals surface area contributed by atoms with Crippen molar-refractivity contribution in [1.29, 1.82) is 0 Å². The highest BCUT2D eigenvalue weighted by molar-refractivity contribution is 5.81. The molecule has 7 heteroatoms. The second-order valence-electron chi connectivity index (χ2n) is 6.57. The number of hydrogen-bond donors (Lipinski definition) is 1. The maximum absolute atomic E-state index is 12.5. The highest BCUT2D eigenvalue weighted by atomic mass is 16.4. The first kappa shape index (κ1) is 17.7. The molecule has 0 aromatic heterocycles. The van der Waals surface area contributed by atoms with Crippen LogP contribution in [0.15, 0.2) is 0 Å². The third-order valence-corrected chi connectivity index (χ3v) is 4.76. The van der Waals surface area contributed by atoms with E-state index in [0.29, 0.717) is 39.0 Å². The van der Waals surface area contributed by atoms with Crippen LogP contribution in [0.2, 0.25) is 0 Å². The molecule has 1 N–H and O–H groups in total. The van der Waals surface area contributed by atoms with Crippen molar-refractivity contribution >= 4 is 17.8 Å². The number of carboxylic acids is 1. The van der Waals surface area contributed by atoms with Crippen molar-refractivity contribution in [3.63, 3.8) is 0 Å². The van der Waals surface area contributed by atoms with Crippen LogP contribution >= 0.6 is 0 Å². The Balaban J connectivity index is 1.99. The number of rotatable bonds is 3. The summed E-state index contributed by atoms with van der Waals surface area (Å²) in [5.74, 6) is -0.732. The summed E-state index contributed by atoms with van der Waals surface area (Å²) >= 11 is 0. The van der Waals surface area contributed by atoms with E-state index < -0.39 is 5.97 Å². The first-order valence-corrected chi connectivity index (χ1v) is 8.44. The van der Waals surface area contributed by atoms with Crippen LogP contribution < -0.4 is 0 Å². The summed E-state index contributed by atoms with van der Waals surface area (Å²) in [7, 11) is 1.93. The molecule has 0 atom stereocenters. The van der Waals surface area contributed by atoms with Crippen LogP contribution in [0.3, 0.4) is 0 Å². The molecular formula is C16H27N3O4. The zero-order valence-electron chi connectivity index (χ0n) is 13.9. The van der Waals surface area contributed by atoms with Crippen molar-refractivity contribution < 1.29 is 19.5 Å². The molecule has 23 heavy (non-hydrogen) atoms. The van der Waals surface area contributed by atoms with E-state index in [1.807, 2.05) is 16.8 Å². The first-order chi connectivity index (χ1) is 11.0. The monoisotopic (exact) mass is 325 g/mol. The van der Waals surface area contributed by atoms with Crippen molar-refractivity contribution in [2.75, 3.05) is 46.3 Å². The molecule has 0 aromatic rings. The Morgan fingerprint density at radius 1 is 1.09 bits per heavy atom. The fourth-order valence-corrected chi connectivity index (χ4v) is 3.00. The van der Waals surface area contributed by atoms with Crippen LogP contribution in [0.4, 0.5) is 0 Å². The van der Waals surface area contributed by atoms with Crippen LogP contribution in [0.25, 0.3) is 0 Å². The van der Waals surface area contributed by atoms with Crippen molar-refractivity contribution in [1.82, 2.24) is 14.7 Å². The lowest BCUT2D eigenvalue weighted by atomic mass is 9.84. The Morgan fingerprint density at radius 3 is 2.43 bits per heavy atom. The molecule has 0 aromatic carbocycles. The lowest BCUT2D eigenvalue weighted by Crippen LogP contribution is -2.43. The predicted octanol–water partition coefficient (Wildman–Crippen LogP) is 0.254. The van der Waals surface area contributed by atoms with E-state index in [1.165, 1.54) is 4.90 Å². The van der Waals surface area contributed by atoms with Gasteiger partial charge in [0.05, 0.1) is 0 Å². The quantitative estimate of drug-likeness (QED) is 0.805. The van der Waals surface area contributed by atoms with E-state index in [9.17, 15) is 14.4 Å². The van der Waals surface area contributed by atoms with Gasteiger partial charge in [-0.3, -0.25) is 14.4 Å². The fraction of sp³-hybridized carbons (Fsp3) is 0.812. The van der Waals surface area contributed by atoms with Crippen molar-refractivity contribution in [2.45, 2.75) is 32.1 Å². The lowest BCUT2D eigenvalue weighted by Gasteiger charge is -2.32. The van der Waals surface area contributed by atoms with E-state index in [2.05, 4.69) is 0 Å². The van der Waals surface area contributed by atoms with Gasteiger partial charge in [0.1, 0.15) is 6.54 Å².